The molecule has 0 amide bonds. The zero-order valence-corrected chi connectivity index (χ0v) is 14.4. The van der Waals surface area contributed by atoms with Gasteiger partial charge >= 0.3 is 5.97 Å². The second-order valence-corrected chi connectivity index (χ2v) is 6.49. The molecule has 25 heavy (non-hydrogen) atoms. The van der Waals surface area contributed by atoms with Crippen LogP contribution >= 0.6 is 11.6 Å². The van der Waals surface area contributed by atoms with Crippen LogP contribution in [0.3, 0.4) is 0 Å². The number of nitrogens with zero attached hydrogens (tertiary/aromatic N) is 1. The number of halogens is 1. The Labute approximate surface area is 149 Å². The number of anilines is 1. The fourth-order valence-electron chi connectivity index (χ4n) is 3.52. The third-order valence-corrected chi connectivity index (χ3v) is 4.92. The first kappa shape index (κ1) is 15.7. The zero-order valence-electron chi connectivity index (χ0n) is 13.7. The van der Waals surface area contributed by atoms with Crippen LogP contribution in [0.4, 0.5) is 5.69 Å². The quantitative estimate of drug-likeness (QED) is 0.565. The second-order valence-electron chi connectivity index (χ2n) is 6.06. The highest BCUT2D eigenvalue weighted by Crippen LogP contribution is 2.43. The van der Waals surface area contributed by atoms with E-state index in [1.807, 2.05) is 35.9 Å². The second kappa shape index (κ2) is 5.36. The smallest absolute Gasteiger partial charge is 0.344 e. The molecule has 5 nitrogen and oxygen atoms in total. The Morgan fingerprint density at radius 1 is 1.24 bits per heavy atom. The van der Waals surface area contributed by atoms with E-state index in [1.54, 1.807) is 24.4 Å². The van der Waals surface area contributed by atoms with E-state index < -0.39 is 11.5 Å². The van der Waals surface area contributed by atoms with Crippen LogP contribution in [0.25, 0.3) is 10.9 Å². The van der Waals surface area contributed by atoms with Gasteiger partial charge in [-0.2, -0.15) is 0 Å². The number of carbonyl (C=O) groups is 2. The molecule has 0 saturated heterocycles. The predicted octanol–water partition coefficient (Wildman–Crippen LogP) is 3.51. The number of hydrogen-bond donors (Lipinski definition) is 1. The first-order chi connectivity index (χ1) is 12.0. The van der Waals surface area contributed by atoms with Gasteiger partial charge in [0.1, 0.15) is 0 Å². The van der Waals surface area contributed by atoms with Crippen LogP contribution in [0.15, 0.2) is 48.7 Å². The number of para-hydroxylation sites is 1. The number of benzene rings is 2. The van der Waals surface area contributed by atoms with E-state index in [2.05, 4.69) is 5.32 Å². The molecule has 2 heterocycles. The first-order valence-electron chi connectivity index (χ1n) is 7.74. The van der Waals surface area contributed by atoms with Crippen LogP contribution in [0, 0.1) is 0 Å². The lowest BCUT2D eigenvalue weighted by atomic mass is 9.85. The molecule has 0 saturated carbocycles. The number of ether oxygens (including phenoxy) is 1. The molecule has 1 unspecified atom stereocenters. The van der Waals surface area contributed by atoms with Gasteiger partial charge in [-0.05, 0) is 24.3 Å². The van der Waals surface area contributed by atoms with Crippen molar-refractivity contribution in [2.75, 3.05) is 12.4 Å². The summed E-state index contributed by atoms with van der Waals surface area (Å²) in [5.41, 5.74) is 0.806. The van der Waals surface area contributed by atoms with Crippen molar-refractivity contribution >= 4 is 39.9 Å². The summed E-state index contributed by atoms with van der Waals surface area (Å²) in [5.74, 6) is -0.997. The molecule has 126 valence electrons. The number of aryl methyl sites for hydroxylation is 1. The monoisotopic (exact) mass is 354 g/mol. The molecule has 0 spiro atoms. The lowest BCUT2D eigenvalue weighted by Crippen LogP contribution is -2.47. The Morgan fingerprint density at radius 2 is 2.00 bits per heavy atom. The standard InChI is InChI=1S/C19H15ClN2O3/c1-22-10-14(12-5-3-4-6-16(12)22)19(18(24)25-2)17(23)13-8-7-11(20)9-15(13)21-19/h3-10,21H,1-2H3. The number of fused-ring (bicyclic) bond motifs is 2. The minimum Gasteiger partial charge on any atom is -0.467 e. The van der Waals surface area contributed by atoms with Gasteiger partial charge in [-0.25, -0.2) is 4.79 Å². The van der Waals surface area contributed by atoms with Gasteiger partial charge in [0.25, 0.3) is 0 Å². The molecule has 0 bridgehead atoms. The molecule has 6 heteroatoms. The van der Waals surface area contributed by atoms with E-state index in [4.69, 9.17) is 16.3 Å². The molecular formula is C19H15ClN2O3. The maximum Gasteiger partial charge on any atom is 0.344 e. The molecule has 0 aliphatic carbocycles. The van der Waals surface area contributed by atoms with E-state index in [-0.39, 0.29) is 5.78 Å². The van der Waals surface area contributed by atoms with Gasteiger partial charge in [0.15, 0.2) is 0 Å². The molecule has 1 aliphatic rings. The van der Waals surface area contributed by atoms with Crippen molar-refractivity contribution < 1.29 is 14.3 Å². The van der Waals surface area contributed by atoms with E-state index in [9.17, 15) is 9.59 Å². The van der Waals surface area contributed by atoms with Gasteiger partial charge in [-0.15, -0.1) is 0 Å². The van der Waals surface area contributed by atoms with Crippen LogP contribution in [0.5, 0.6) is 0 Å². The van der Waals surface area contributed by atoms with Crippen LogP contribution in [0.2, 0.25) is 5.02 Å². The van der Waals surface area contributed by atoms with Gasteiger partial charge in [-0.1, -0.05) is 29.8 Å². The molecule has 1 aliphatic heterocycles. The summed E-state index contributed by atoms with van der Waals surface area (Å²) in [6.45, 7) is 0. The number of nitrogens with one attached hydrogen (secondary N) is 1. The number of aromatic nitrogens is 1. The fourth-order valence-corrected chi connectivity index (χ4v) is 3.69. The lowest BCUT2D eigenvalue weighted by molar-refractivity contribution is -0.144. The molecule has 3 aromatic rings. The van der Waals surface area contributed by atoms with Crippen LogP contribution in [-0.4, -0.2) is 23.4 Å². The average Bonchev–Trinajstić information content (AvgIpc) is 3.10. The van der Waals surface area contributed by atoms with Crippen LogP contribution < -0.4 is 5.32 Å². The molecule has 0 fully saturated rings. The van der Waals surface area contributed by atoms with E-state index in [0.29, 0.717) is 21.8 Å². The molecule has 1 N–H and O–H groups in total. The van der Waals surface area contributed by atoms with Crippen molar-refractivity contribution in [3.05, 3.63) is 64.8 Å². The molecule has 0 radical (unpaired) electrons. The van der Waals surface area contributed by atoms with Crippen LogP contribution in [0.1, 0.15) is 15.9 Å². The number of ketones is 1. The molecule has 4 rings (SSSR count). The molecule has 1 aromatic heterocycles. The maximum absolute atomic E-state index is 13.3. The van der Waals surface area contributed by atoms with Crippen molar-refractivity contribution in [2.45, 2.75) is 5.54 Å². The minimum absolute atomic E-state index is 0.345. The van der Waals surface area contributed by atoms with Crippen molar-refractivity contribution in [1.29, 1.82) is 0 Å². The number of methoxy groups -OCH3 is 1. The Morgan fingerprint density at radius 3 is 2.76 bits per heavy atom. The van der Waals surface area contributed by atoms with Crippen molar-refractivity contribution in [3.8, 4) is 0 Å². The number of Topliss-reactive ketones (excluding diaryl/α,β-unsaturated/α-hetero) is 1. The van der Waals surface area contributed by atoms with Crippen molar-refractivity contribution in [1.82, 2.24) is 4.57 Å². The number of rotatable bonds is 2. The number of carbonyl (C=O) groups excluding carboxylic acids is 2. The van der Waals surface area contributed by atoms with Gasteiger partial charge in [0.05, 0.1) is 7.11 Å². The van der Waals surface area contributed by atoms with Gasteiger partial charge in [-0.3, -0.25) is 4.79 Å². The number of hydrogen-bond acceptors (Lipinski definition) is 4. The normalized spacial score (nSPS) is 18.9. The summed E-state index contributed by atoms with van der Waals surface area (Å²) in [7, 11) is 3.15. The maximum atomic E-state index is 13.3. The Kier molecular flexibility index (Phi) is 3.37. The highest BCUT2D eigenvalue weighted by molar-refractivity contribution is 6.32. The zero-order chi connectivity index (χ0) is 17.8. The first-order valence-corrected chi connectivity index (χ1v) is 8.12. The average molecular weight is 355 g/mol. The summed E-state index contributed by atoms with van der Waals surface area (Å²) >= 11 is 6.05. The largest absolute Gasteiger partial charge is 0.467 e. The van der Waals surface area contributed by atoms with Gasteiger partial charge in [0, 0.05) is 46.0 Å². The summed E-state index contributed by atoms with van der Waals surface area (Å²) in [5, 5.41) is 4.39. The predicted molar refractivity (Wildman–Crippen MR) is 96.0 cm³/mol. The van der Waals surface area contributed by atoms with Gasteiger partial charge < -0.3 is 14.6 Å². The Bertz CT molecular complexity index is 1040. The Balaban J connectivity index is 2.03. The molecule has 2 aromatic carbocycles. The SMILES string of the molecule is COC(=O)C1(c2cn(C)c3ccccc23)Nc2cc(Cl)ccc2C1=O. The van der Waals surface area contributed by atoms with E-state index >= 15 is 0 Å². The highest BCUT2D eigenvalue weighted by Gasteiger charge is 2.55. The number of esters is 1. The van der Waals surface area contributed by atoms with E-state index in [0.717, 1.165) is 10.9 Å². The fraction of sp³-hybridized carbons (Fsp3) is 0.158. The van der Waals surface area contributed by atoms with Gasteiger partial charge in [0.2, 0.25) is 11.3 Å². The van der Waals surface area contributed by atoms with Crippen LogP contribution in [-0.2, 0) is 22.1 Å². The third-order valence-electron chi connectivity index (χ3n) is 4.68. The van der Waals surface area contributed by atoms with Crippen molar-refractivity contribution in [2.24, 2.45) is 7.05 Å². The third kappa shape index (κ3) is 2.02. The summed E-state index contributed by atoms with van der Waals surface area (Å²) in [6.07, 6.45) is 1.79. The topological polar surface area (TPSA) is 60.3 Å². The van der Waals surface area contributed by atoms with E-state index in [1.165, 1.54) is 7.11 Å². The lowest BCUT2D eigenvalue weighted by Gasteiger charge is -2.25. The summed E-state index contributed by atoms with van der Waals surface area (Å²) in [4.78, 5) is 26.1. The highest BCUT2D eigenvalue weighted by atomic mass is 35.5. The molecule has 1 atom stereocenters. The Hall–Kier alpha value is -2.79. The van der Waals surface area contributed by atoms with Crippen molar-refractivity contribution in [3.63, 3.8) is 0 Å². The molecular weight excluding hydrogens is 340 g/mol. The summed E-state index contributed by atoms with van der Waals surface area (Å²) < 4.78 is 6.91. The summed E-state index contributed by atoms with van der Waals surface area (Å²) in [6, 6.07) is 12.5. The minimum atomic E-state index is -1.62.